The molecule has 0 amide bonds. The van der Waals surface area contributed by atoms with Crippen LogP contribution in [0, 0.1) is 0 Å². The fourth-order valence-corrected chi connectivity index (χ4v) is 3.34. The highest BCUT2D eigenvalue weighted by Gasteiger charge is 2.51. The van der Waals surface area contributed by atoms with E-state index in [9.17, 15) is 8.42 Å². The number of hydrogen-bond donors (Lipinski definition) is 0. The molecule has 4 nitrogen and oxygen atoms in total. The highest BCUT2D eigenvalue weighted by atomic mass is 32.2. The Balaban J connectivity index is 2.12. The molecule has 0 spiro atoms. The van der Waals surface area contributed by atoms with Gasteiger partial charge in [-0.15, -0.1) is 0 Å². The van der Waals surface area contributed by atoms with E-state index in [0.29, 0.717) is 4.90 Å². The Morgan fingerprint density at radius 2 is 1.59 bits per heavy atom. The summed E-state index contributed by atoms with van der Waals surface area (Å²) in [6.45, 7) is 9.73. The van der Waals surface area contributed by atoms with Gasteiger partial charge in [0.05, 0.1) is 21.9 Å². The average molecular weight is 322 g/mol. The highest BCUT2D eigenvalue weighted by Crippen LogP contribution is 2.38. The van der Waals surface area contributed by atoms with E-state index in [0.717, 1.165) is 5.47 Å². The fourth-order valence-electron chi connectivity index (χ4n) is 2.09. The Bertz CT molecular complexity index is 647. The molecule has 1 saturated heterocycles. The van der Waals surface area contributed by atoms with Gasteiger partial charge in [0.25, 0.3) is 0 Å². The molecule has 1 aromatic rings. The summed E-state index contributed by atoms with van der Waals surface area (Å²) in [7, 11) is -3.83. The molecule has 0 aromatic heterocycles. The van der Waals surface area contributed by atoms with Gasteiger partial charge in [-0.1, -0.05) is 24.3 Å². The summed E-state index contributed by atoms with van der Waals surface area (Å²) in [4.78, 5) is 0.327. The van der Waals surface area contributed by atoms with Crippen LogP contribution in [0.3, 0.4) is 0 Å². The molecular weight excluding hydrogens is 299 g/mol. The van der Waals surface area contributed by atoms with Gasteiger partial charge in [0, 0.05) is 0 Å². The summed E-state index contributed by atoms with van der Waals surface area (Å²) in [5, 5.41) is 0. The van der Waals surface area contributed by atoms with Gasteiger partial charge in [0.1, 0.15) is 0 Å². The maximum absolute atomic E-state index is 12.3. The van der Waals surface area contributed by atoms with Crippen LogP contribution < -0.4 is 0 Å². The SMILES string of the molecule is C/C(=C\CS(=O)(=O)c1ccccc1)B1OC(C)(C)C(C)(C)O1. The van der Waals surface area contributed by atoms with E-state index in [1.807, 2.05) is 34.6 Å². The minimum Gasteiger partial charge on any atom is -0.400 e. The van der Waals surface area contributed by atoms with Crippen molar-refractivity contribution in [1.29, 1.82) is 0 Å². The van der Waals surface area contributed by atoms with Gasteiger partial charge in [-0.05, 0) is 52.2 Å². The second kappa shape index (κ2) is 5.83. The first-order valence-corrected chi connectivity index (χ1v) is 9.00. The van der Waals surface area contributed by atoms with E-state index >= 15 is 0 Å². The minimum atomic E-state index is -3.33. The Hall–Kier alpha value is -1.11. The first kappa shape index (κ1) is 17.3. The van der Waals surface area contributed by atoms with E-state index in [1.54, 1.807) is 36.4 Å². The zero-order valence-electron chi connectivity index (χ0n) is 13.8. The molecule has 1 fully saturated rings. The Labute approximate surface area is 133 Å². The number of allylic oxidation sites excluding steroid dienone is 1. The minimum absolute atomic E-state index is 0.0626. The molecule has 22 heavy (non-hydrogen) atoms. The van der Waals surface area contributed by atoms with Crippen LogP contribution in [0.25, 0.3) is 0 Å². The largest absolute Gasteiger partial charge is 0.489 e. The van der Waals surface area contributed by atoms with Crippen molar-refractivity contribution >= 4 is 17.0 Å². The number of rotatable bonds is 4. The second-order valence-electron chi connectivity index (χ2n) is 6.63. The summed E-state index contributed by atoms with van der Waals surface area (Å²) < 4.78 is 36.4. The third kappa shape index (κ3) is 3.45. The van der Waals surface area contributed by atoms with Crippen molar-refractivity contribution in [2.45, 2.75) is 50.7 Å². The van der Waals surface area contributed by atoms with Crippen LogP contribution >= 0.6 is 0 Å². The third-order valence-electron chi connectivity index (χ3n) is 4.35. The smallest absolute Gasteiger partial charge is 0.400 e. The lowest BCUT2D eigenvalue weighted by atomic mass is 9.79. The average Bonchev–Trinajstić information content (AvgIpc) is 2.66. The predicted molar refractivity (Wildman–Crippen MR) is 88.3 cm³/mol. The van der Waals surface area contributed by atoms with E-state index in [2.05, 4.69) is 0 Å². The van der Waals surface area contributed by atoms with Crippen LogP contribution in [-0.4, -0.2) is 32.5 Å². The van der Waals surface area contributed by atoms with Gasteiger partial charge in [-0.3, -0.25) is 0 Å². The van der Waals surface area contributed by atoms with E-state index in [1.165, 1.54) is 0 Å². The number of hydrogen-bond acceptors (Lipinski definition) is 4. The van der Waals surface area contributed by atoms with Gasteiger partial charge < -0.3 is 9.31 Å². The molecule has 0 atom stereocenters. The second-order valence-corrected chi connectivity index (χ2v) is 8.67. The van der Waals surface area contributed by atoms with Crippen LogP contribution in [0.2, 0.25) is 0 Å². The molecule has 1 aliphatic rings. The van der Waals surface area contributed by atoms with E-state index in [-0.39, 0.29) is 5.75 Å². The molecule has 1 aliphatic heterocycles. The summed E-state index contributed by atoms with van der Waals surface area (Å²) >= 11 is 0. The molecule has 2 rings (SSSR count). The van der Waals surface area contributed by atoms with Crippen molar-refractivity contribution in [3.8, 4) is 0 Å². The molecule has 0 unspecified atom stereocenters. The number of sulfone groups is 1. The lowest BCUT2D eigenvalue weighted by Crippen LogP contribution is -2.41. The van der Waals surface area contributed by atoms with Crippen molar-refractivity contribution in [3.05, 3.63) is 41.9 Å². The van der Waals surface area contributed by atoms with Crippen molar-refractivity contribution in [3.63, 3.8) is 0 Å². The zero-order chi connectivity index (χ0) is 16.6. The lowest BCUT2D eigenvalue weighted by Gasteiger charge is -2.32. The van der Waals surface area contributed by atoms with Crippen molar-refractivity contribution in [2.75, 3.05) is 5.75 Å². The highest BCUT2D eigenvalue weighted by molar-refractivity contribution is 7.91. The maximum atomic E-state index is 12.3. The molecule has 0 N–H and O–H groups in total. The molecule has 0 saturated carbocycles. The molecule has 6 heteroatoms. The normalized spacial score (nSPS) is 21.1. The molecule has 120 valence electrons. The summed E-state index contributed by atoms with van der Waals surface area (Å²) in [6.07, 6.45) is 1.67. The fraction of sp³-hybridized carbons (Fsp3) is 0.500. The van der Waals surface area contributed by atoms with Crippen LogP contribution in [-0.2, 0) is 19.1 Å². The van der Waals surface area contributed by atoms with E-state index in [4.69, 9.17) is 9.31 Å². The van der Waals surface area contributed by atoms with Gasteiger partial charge in [0.2, 0.25) is 0 Å². The van der Waals surface area contributed by atoms with Gasteiger partial charge >= 0.3 is 7.12 Å². The summed E-state index contributed by atoms with van der Waals surface area (Å²) in [5.74, 6) is -0.0626. The van der Waals surface area contributed by atoms with Gasteiger partial charge in [-0.2, -0.15) is 0 Å². The van der Waals surface area contributed by atoms with Gasteiger partial charge in [-0.25, -0.2) is 8.42 Å². The summed E-state index contributed by atoms with van der Waals surface area (Å²) in [5.41, 5.74) is -0.0750. The molecule has 0 aliphatic carbocycles. The van der Waals surface area contributed by atoms with Crippen molar-refractivity contribution in [2.24, 2.45) is 0 Å². The van der Waals surface area contributed by atoms with Crippen LogP contribution in [0.5, 0.6) is 0 Å². The summed E-state index contributed by atoms with van der Waals surface area (Å²) in [6, 6.07) is 8.44. The predicted octanol–water partition coefficient (Wildman–Crippen LogP) is 3.04. The third-order valence-corrected chi connectivity index (χ3v) is 5.95. The number of benzene rings is 1. The van der Waals surface area contributed by atoms with Crippen LogP contribution in [0.4, 0.5) is 0 Å². The standard InChI is InChI=1S/C16H23BO4S/c1-13(17-20-15(2,3)16(4,5)21-17)11-12-22(18,19)14-9-7-6-8-10-14/h6-11H,12H2,1-5H3/b13-11+. The first-order chi connectivity index (χ1) is 10.1. The lowest BCUT2D eigenvalue weighted by molar-refractivity contribution is 0.00578. The topological polar surface area (TPSA) is 52.6 Å². The van der Waals surface area contributed by atoms with Crippen LogP contribution in [0.1, 0.15) is 34.6 Å². The molecule has 1 aromatic carbocycles. The van der Waals surface area contributed by atoms with Crippen molar-refractivity contribution < 1.29 is 17.7 Å². The van der Waals surface area contributed by atoms with Crippen molar-refractivity contribution in [1.82, 2.24) is 0 Å². The first-order valence-electron chi connectivity index (χ1n) is 7.35. The molecule has 0 radical (unpaired) electrons. The quantitative estimate of drug-likeness (QED) is 0.800. The molecule has 0 bridgehead atoms. The van der Waals surface area contributed by atoms with Gasteiger partial charge in [0.15, 0.2) is 9.84 Å². The Kier molecular flexibility index (Phi) is 4.57. The maximum Gasteiger partial charge on any atom is 0.489 e. The van der Waals surface area contributed by atoms with E-state index < -0.39 is 28.2 Å². The zero-order valence-corrected chi connectivity index (χ0v) is 14.6. The van der Waals surface area contributed by atoms with Crippen LogP contribution in [0.15, 0.2) is 46.8 Å². The monoisotopic (exact) mass is 322 g/mol. The Morgan fingerprint density at radius 1 is 1.09 bits per heavy atom. The molecular formula is C16H23BO4S. The Morgan fingerprint density at radius 3 is 2.09 bits per heavy atom. The molecule has 1 heterocycles.